The SMILES string of the molecule is CCO/C(=C(\C#N)C(=O)OC)C(C)C. The van der Waals surface area contributed by atoms with Crippen LogP contribution in [0.5, 0.6) is 0 Å². The van der Waals surface area contributed by atoms with Crippen LogP contribution in [0.2, 0.25) is 0 Å². The molecule has 0 aliphatic heterocycles. The summed E-state index contributed by atoms with van der Waals surface area (Å²) in [5.74, 6) is -0.268. The zero-order valence-electron chi connectivity index (χ0n) is 8.96. The van der Waals surface area contributed by atoms with Crippen molar-refractivity contribution in [2.24, 2.45) is 5.92 Å². The van der Waals surface area contributed by atoms with E-state index in [0.717, 1.165) is 0 Å². The first-order chi connectivity index (χ1) is 6.58. The summed E-state index contributed by atoms with van der Waals surface area (Å²) in [4.78, 5) is 11.2. The van der Waals surface area contributed by atoms with Crippen molar-refractivity contribution in [2.75, 3.05) is 13.7 Å². The number of nitriles is 1. The van der Waals surface area contributed by atoms with Crippen LogP contribution in [0.3, 0.4) is 0 Å². The van der Waals surface area contributed by atoms with Crippen LogP contribution in [0.1, 0.15) is 20.8 Å². The lowest BCUT2D eigenvalue weighted by Crippen LogP contribution is -2.12. The van der Waals surface area contributed by atoms with Gasteiger partial charge in [-0.15, -0.1) is 0 Å². The Balaban J connectivity index is 5.10. The van der Waals surface area contributed by atoms with E-state index >= 15 is 0 Å². The molecular formula is C10H15NO3. The molecule has 0 aromatic heterocycles. The maximum Gasteiger partial charge on any atom is 0.352 e. The number of methoxy groups -OCH3 is 1. The summed E-state index contributed by atoms with van der Waals surface area (Å²) in [7, 11) is 1.24. The standard InChI is InChI=1S/C10H15NO3/c1-5-14-9(7(2)3)8(6-11)10(12)13-4/h7H,5H2,1-4H3/b9-8+. The number of hydrogen-bond acceptors (Lipinski definition) is 4. The van der Waals surface area contributed by atoms with Gasteiger partial charge in [-0.1, -0.05) is 13.8 Å². The van der Waals surface area contributed by atoms with Crippen molar-refractivity contribution in [3.05, 3.63) is 11.3 Å². The Morgan fingerprint density at radius 3 is 2.36 bits per heavy atom. The second kappa shape index (κ2) is 6.03. The van der Waals surface area contributed by atoms with E-state index in [9.17, 15) is 4.79 Å². The van der Waals surface area contributed by atoms with Crippen LogP contribution in [-0.4, -0.2) is 19.7 Å². The Morgan fingerprint density at radius 1 is 1.50 bits per heavy atom. The van der Waals surface area contributed by atoms with Gasteiger partial charge in [-0.05, 0) is 6.92 Å². The molecule has 0 aliphatic rings. The molecule has 4 nitrogen and oxygen atoms in total. The van der Waals surface area contributed by atoms with Gasteiger partial charge in [0.15, 0.2) is 5.57 Å². The van der Waals surface area contributed by atoms with Gasteiger partial charge < -0.3 is 9.47 Å². The molecule has 0 atom stereocenters. The molecule has 0 saturated heterocycles. The Labute approximate surface area is 84.1 Å². The lowest BCUT2D eigenvalue weighted by molar-refractivity contribution is -0.135. The van der Waals surface area contributed by atoms with Gasteiger partial charge in [0.05, 0.1) is 13.7 Å². The molecular weight excluding hydrogens is 182 g/mol. The quantitative estimate of drug-likeness (QED) is 0.297. The third kappa shape index (κ3) is 3.09. The third-order valence-corrected chi connectivity index (χ3v) is 1.57. The number of hydrogen-bond donors (Lipinski definition) is 0. The largest absolute Gasteiger partial charge is 0.496 e. The fourth-order valence-corrected chi connectivity index (χ4v) is 0.986. The number of esters is 1. The fourth-order valence-electron chi connectivity index (χ4n) is 0.986. The minimum atomic E-state index is -0.648. The van der Waals surface area contributed by atoms with E-state index in [2.05, 4.69) is 4.74 Å². The first-order valence-corrected chi connectivity index (χ1v) is 4.43. The van der Waals surface area contributed by atoms with E-state index in [1.54, 1.807) is 13.0 Å². The third-order valence-electron chi connectivity index (χ3n) is 1.57. The van der Waals surface area contributed by atoms with Crippen LogP contribution in [-0.2, 0) is 14.3 Å². The van der Waals surface area contributed by atoms with E-state index < -0.39 is 5.97 Å². The average molecular weight is 197 g/mol. The predicted octanol–water partition coefficient (Wildman–Crippen LogP) is 1.63. The molecule has 0 unspecified atom stereocenters. The zero-order valence-corrected chi connectivity index (χ0v) is 8.96. The first kappa shape index (κ1) is 12.5. The molecule has 0 bridgehead atoms. The number of nitrogens with zero attached hydrogens (tertiary/aromatic N) is 1. The van der Waals surface area contributed by atoms with Crippen molar-refractivity contribution >= 4 is 5.97 Å². The second-order valence-electron chi connectivity index (χ2n) is 2.93. The Bertz CT molecular complexity index is 274. The van der Waals surface area contributed by atoms with Crippen LogP contribution in [0.15, 0.2) is 11.3 Å². The number of carbonyl (C=O) groups excluding carboxylic acids is 1. The molecule has 0 saturated carbocycles. The van der Waals surface area contributed by atoms with Crippen molar-refractivity contribution in [3.8, 4) is 6.07 Å². The van der Waals surface area contributed by atoms with Gasteiger partial charge in [-0.2, -0.15) is 5.26 Å². The van der Waals surface area contributed by atoms with Gasteiger partial charge >= 0.3 is 5.97 Å². The van der Waals surface area contributed by atoms with E-state index in [-0.39, 0.29) is 11.5 Å². The second-order valence-corrected chi connectivity index (χ2v) is 2.93. The molecule has 4 heteroatoms. The maximum atomic E-state index is 11.2. The number of carbonyl (C=O) groups is 1. The Morgan fingerprint density at radius 2 is 2.07 bits per heavy atom. The highest BCUT2D eigenvalue weighted by Gasteiger charge is 2.19. The van der Waals surface area contributed by atoms with Crippen LogP contribution < -0.4 is 0 Å². The smallest absolute Gasteiger partial charge is 0.352 e. The molecule has 0 N–H and O–H groups in total. The van der Waals surface area contributed by atoms with Crippen LogP contribution >= 0.6 is 0 Å². The summed E-state index contributed by atoms with van der Waals surface area (Å²) in [6, 6.07) is 1.80. The molecule has 0 radical (unpaired) electrons. The minimum absolute atomic E-state index is 0.0105. The number of allylic oxidation sites excluding steroid dienone is 1. The van der Waals surface area contributed by atoms with Gasteiger partial charge in [0, 0.05) is 5.92 Å². The first-order valence-electron chi connectivity index (χ1n) is 4.43. The van der Waals surface area contributed by atoms with E-state index in [4.69, 9.17) is 10.00 Å². The van der Waals surface area contributed by atoms with Gasteiger partial charge in [0.1, 0.15) is 11.8 Å². The molecule has 0 spiro atoms. The van der Waals surface area contributed by atoms with Crippen LogP contribution in [0.4, 0.5) is 0 Å². The molecule has 0 aromatic carbocycles. The van der Waals surface area contributed by atoms with E-state index in [0.29, 0.717) is 12.4 Å². The molecule has 0 heterocycles. The molecule has 78 valence electrons. The molecule has 0 fully saturated rings. The highest BCUT2D eigenvalue weighted by atomic mass is 16.5. The summed E-state index contributed by atoms with van der Waals surface area (Å²) >= 11 is 0. The van der Waals surface area contributed by atoms with E-state index in [1.165, 1.54) is 7.11 Å². The van der Waals surface area contributed by atoms with Crippen molar-refractivity contribution in [3.63, 3.8) is 0 Å². The zero-order chi connectivity index (χ0) is 11.1. The summed E-state index contributed by atoms with van der Waals surface area (Å²) in [5, 5.41) is 8.78. The molecule has 0 aromatic rings. The molecule has 0 rings (SSSR count). The topological polar surface area (TPSA) is 59.3 Å². The monoisotopic (exact) mass is 197 g/mol. The number of ether oxygens (including phenoxy) is 2. The van der Waals surface area contributed by atoms with E-state index in [1.807, 2.05) is 13.8 Å². The predicted molar refractivity (Wildman–Crippen MR) is 51.1 cm³/mol. The van der Waals surface area contributed by atoms with Crippen molar-refractivity contribution in [2.45, 2.75) is 20.8 Å². The van der Waals surface area contributed by atoms with Crippen LogP contribution in [0.25, 0.3) is 0 Å². The minimum Gasteiger partial charge on any atom is -0.496 e. The lowest BCUT2D eigenvalue weighted by atomic mass is 10.1. The highest BCUT2D eigenvalue weighted by molar-refractivity contribution is 5.93. The maximum absolute atomic E-state index is 11.2. The summed E-state index contributed by atoms with van der Waals surface area (Å²) < 4.78 is 9.72. The molecule has 0 aliphatic carbocycles. The van der Waals surface area contributed by atoms with Crippen molar-refractivity contribution in [1.29, 1.82) is 5.26 Å². The summed E-state index contributed by atoms with van der Waals surface area (Å²) in [6.45, 7) is 5.93. The molecule has 14 heavy (non-hydrogen) atoms. The normalized spacial score (nSPS) is 11.7. The molecule has 0 amide bonds. The van der Waals surface area contributed by atoms with Gasteiger partial charge in [-0.3, -0.25) is 0 Å². The number of rotatable bonds is 4. The van der Waals surface area contributed by atoms with Gasteiger partial charge in [-0.25, -0.2) is 4.79 Å². The Hall–Kier alpha value is -1.50. The fraction of sp³-hybridized carbons (Fsp3) is 0.600. The van der Waals surface area contributed by atoms with Gasteiger partial charge in [0.25, 0.3) is 0 Å². The van der Waals surface area contributed by atoms with Crippen LogP contribution in [0, 0.1) is 17.2 Å². The Kier molecular flexibility index (Phi) is 5.38. The average Bonchev–Trinajstić information content (AvgIpc) is 2.16. The highest BCUT2D eigenvalue weighted by Crippen LogP contribution is 2.17. The van der Waals surface area contributed by atoms with Gasteiger partial charge in [0.2, 0.25) is 0 Å². The lowest BCUT2D eigenvalue weighted by Gasteiger charge is -2.13. The van der Waals surface area contributed by atoms with Crippen molar-refractivity contribution < 1.29 is 14.3 Å². The van der Waals surface area contributed by atoms with Crippen molar-refractivity contribution in [1.82, 2.24) is 0 Å². The summed E-state index contributed by atoms with van der Waals surface area (Å²) in [6.07, 6.45) is 0. The summed E-state index contributed by atoms with van der Waals surface area (Å²) in [5.41, 5.74) is -0.0515.